The second kappa shape index (κ2) is 10.0. The lowest BCUT2D eigenvalue weighted by Crippen LogP contribution is -2.44. The van der Waals surface area contributed by atoms with E-state index in [1.54, 1.807) is 48.8 Å². The predicted molar refractivity (Wildman–Crippen MR) is 120 cm³/mol. The first-order chi connectivity index (χ1) is 15.7. The smallest absolute Gasteiger partial charge is 0.272 e. The molecule has 7 nitrogen and oxygen atoms in total. The van der Waals surface area contributed by atoms with E-state index in [1.165, 1.54) is 0 Å². The molecule has 1 saturated heterocycles. The van der Waals surface area contributed by atoms with Crippen LogP contribution in [0.5, 0.6) is 5.75 Å². The van der Waals surface area contributed by atoms with Crippen molar-refractivity contribution in [2.24, 2.45) is 5.92 Å². The summed E-state index contributed by atoms with van der Waals surface area (Å²) in [5.74, 6) is 0.522. The lowest BCUT2D eigenvalue weighted by Gasteiger charge is -2.32. The Morgan fingerprint density at radius 3 is 2.28 bits per heavy atom. The van der Waals surface area contributed by atoms with E-state index in [2.05, 4.69) is 15.3 Å². The zero-order valence-corrected chi connectivity index (χ0v) is 18.0. The van der Waals surface area contributed by atoms with Gasteiger partial charge in [-0.1, -0.05) is 18.2 Å². The Bertz CT molecular complexity index is 1030. The molecule has 1 N–H and O–H groups in total. The molecule has 7 heteroatoms. The molecule has 1 aliphatic rings. The van der Waals surface area contributed by atoms with Gasteiger partial charge in [-0.05, 0) is 60.4 Å². The number of nitrogens with one attached hydrogen (secondary N) is 1. The summed E-state index contributed by atoms with van der Waals surface area (Å²) in [5.41, 5.74) is 2.36. The standard InChI is InChI=1S/C25H26N4O3/c1-32-21-7-5-18(6-8-21)23(19-9-14-26-15-10-19)28-24(30)20-11-16-29(17-12-20)25(31)22-4-2-3-13-27-22/h2-10,13-15,20,23H,11-12,16-17H2,1H3,(H,28,30)/t23-/m1/s1. The molecule has 1 aliphatic heterocycles. The van der Waals surface area contributed by atoms with Crippen LogP contribution < -0.4 is 10.1 Å². The van der Waals surface area contributed by atoms with Crippen LogP contribution >= 0.6 is 0 Å². The number of piperidine rings is 1. The lowest BCUT2D eigenvalue weighted by atomic mass is 9.93. The lowest BCUT2D eigenvalue weighted by molar-refractivity contribution is -0.126. The molecule has 4 rings (SSSR count). The van der Waals surface area contributed by atoms with E-state index < -0.39 is 0 Å². The number of hydrogen-bond acceptors (Lipinski definition) is 5. The molecule has 0 unspecified atom stereocenters. The Labute approximate surface area is 187 Å². The van der Waals surface area contributed by atoms with E-state index >= 15 is 0 Å². The van der Waals surface area contributed by atoms with Crippen LogP contribution in [0.15, 0.2) is 73.2 Å². The molecule has 0 saturated carbocycles. The quantitative estimate of drug-likeness (QED) is 0.649. The van der Waals surface area contributed by atoms with Crippen molar-refractivity contribution in [2.45, 2.75) is 18.9 Å². The van der Waals surface area contributed by atoms with Crippen molar-refractivity contribution in [3.8, 4) is 5.75 Å². The van der Waals surface area contributed by atoms with Gasteiger partial charge in [0, 0.05) is 37.6 Å². The molecule has 1 atom stereocenters. The topological polar surface area (TPSA) is 84.4 Å². The van der Waals surface area contributed by atoms with Crippen LogP contribution in [0.4, 0.5) is 0 Å². The minimum absolute atomic E-state index is 0.00688. The molecule has 0 aliphatic carbocycles. The van der Waals surface area contributed by atoms with Crippen molar-refractivity contribution in [1.82, 2.24) is 20.2 Å². The fraction of sp³-hybridized carbons (Fsp3) is 0.280. The van der Waals surface area contributed by atoms with Crippen LogP contribution in [-0.4, -0.2) is 46.9 Å². The van der Waals surface area contributed by atoms with Crippen molar-refractivity contribution in [3.05, 3.63) is 90.0 Å². The van der Waals surface area contributed by atoms with Gasteiger partial charge >= 0.3 is 0 Å². The average Bonchev–Trinajstić information content (AvgIpc) is 2.88. The number of benzene rings is 1. The van der Waals surface area contributed by atoms with Gasteiger partial charge in [0.1, 0.15) is 11.4 Å². The monoisotopic (exact) mass is 430 g/mol. The molecule has 1 aromatic carbocycles. The number of nitrogens with zero attached hydrogens (tertiary/aromatic N) is 3. The van der Waals surface area contributed by atoms with Crippen molar-refractivity contribution >= 4 is 11.8 Å². The van der Waals surface area contributed by atoms with Gasteiger partial charge in [-0.15, -0.1) is 0 Å². The van der Waals surface area contributed by atoms with Gasteiger partial charge in [-0.25, -0.2) is 0 Å². The highest BCUT2D eigenvalue weighted by Gasteiger charge is 2.30. The number of ether oxygens (including phenoxy) is 1. The summed E-state index contributed by atoms with van der Waals surface area (Å²) in [7, 11) is 1.63. The number of hydrogen-bond donors (Lipinski definition) is 1. The molecule has 32 heavy (non-hydrogen) atoms. The van der Waals surface area contributed by atoms with Crippen LogP contribution in [0.25, 0.3) is 0 Å². The van der Waals surface area contributed by atoms with Gasteiger partial charge in [-0.2, -0.15) is 0 Å². The van der Waals surface area contributed by atoms with Gasteiger partial charge in [-0.3, -0.25) is 19.6 Å². The fourth-order valence-corrected chi connectivity index (χ4v) is 3.97. The first-order valence-corrected chi connectivity index (χ1v) is 10.7. The molecule has 0 bridgehead atoms. The highest BCUT2D eigenvalue weighted by molar-refractivity contribution is 5.92. The zero-order valence-electron chi connectivity index (χ0n) is 18.0. The number of carbonyl (C=O) groups is 2. The number of pyridine rings is 2. The number of likely N-dealkylation sites (tertiary alicyclic amines) is 1. The molecular formula is C25H26N4O3. The molecule has 2 aromatic heterocycles. The molecular weight excluding hydrogens is 404 g/mol. The van der Waals surface area contributed by atoms with Gasteiger partial charge < -0.3 is 15.0 Å². The average molecular weight is 431 g/mol. The third-order valence-electron chi connectivity index (χ3n) is 5.81. The van der Waals surface area contributed by atoms with Crippen LogP contribution in [0, 0.1) is 5.92 Å². The van der Waals surface area contributed by atoms with Crippen molar-refractivity contribution in [3.63, 3.8) is 0 Å². The first kappa shape index (κ1) is 21.5. The van der Waals surface area contributed by atoms with Crippen LogP contribution in [0.2, 0.25) is 0 Å². The number of rotatable bonds is 6. The Morgan fingerprint density at radius 2 is 1.66 bits per heavy atom. The van der Waals surface area contributed by atoms with E-state index in [1.807, 2.05) is 36.4 Å². The molecule has 3 heterocycles. The molecule has 1 fully saturated rings. The number of methoxy groups -OCH3 is 1. The SMILES string of the molecule is COc1ccc([C@@H](NC(=O)C2CCN(C(=O)c3ccccn3)CC2)c2ccncc2)cc1. The second-order valence-corrected chi connectivity index (χ2v) is 7.78. The molecule has 164 valence electrons. The maximum absolute atomic E-state index is 13.2. The van der Waals surface area contributed by atoms with E-state index in [0.29, 0.717) is 31.6 Å². The summed E-state index contributed by atoms with van der Waals surface area (Å²) >= 11 is 0. The Kier molecular flexibility index (Phi) is 6.75. The maximum atomic E-state index is 13.2. The summed E-state index contributed by atoms with van der Waals surface area (Å²) in [5, 5.41) is 3.21. The number of amides is 2. The molecule has 0 spiro atoms. The minimum Gasteiger partial charge on any atom is -0.497 e. The van der Waals surface area contributed by atoms with Gasteiger partial charge in [0.2, 0.25) is 5.91 Å². The largest absolute Gasteiger partial charge is 0.497 e. The van der Waals surface area contributed by atoms with Crippen molar-refractivity contribution < 1.29 is 14.3 Å². The van der Waals surface area contributed by atoms with Gasteiger partial charge in [0.15, 0.2) is 0 Å². The van der Waals surface area contributed by atoms with E-state index in [-0.39, 0.29) is 23.8 Å². The first-order valence-electron chi connectivity index (χ1n) is 10.7. The Hall–Kier alpha value is -3.74. The number of aromatic nitrogens is 2. The zero-order chi connectivity index (χ0) is 22.3. The number of carbonyl (C=O) groups excluding carboxylic acids is 2. The second-order valence-electron chi connectivity index (χ2n) is 7.78. The normalized spacial score (nSPS) is 15.1. The molecule has 3 aromatic rings. The van der Waals surface area contributed by atoms with Gasteiger partial charge in [0.25, 0.3) is 5.91 Å². The Balaban J connectivity index is 1.43. The summed E-state index contributed by atoms with van der Waals surface area (Å²) in [6, 6.07) is 16.5. The summed E-state index contributed by atoms with van der Waals surface area (Å²) in [6.45, 7) is 1.08. The van der Waals surface area contributed by atoms with Crippen LogP contribution in [0.3, 0.4) is 0 Å². The summed E-state index contributed by atoms with van der Waals surface area (Å²) in [6.07, 6.45) is 6.30. The minimum atomic E-state index is -0.287. The summed E-state index contributed by atoms with van der Waals surface area (Å²) in [4.78, 5) is 35.8. The van der Waals surface area contributed by atoms with Gasteiger partial charge in [0.05, 0.1) is 13.2 Å². The molecule has 2 amide bonds. The molecule has 0 radical (unpaired) electrons. The predicted octanol–water partition coefficient (Wildman–Crippen LogP) is 3.24. The maximum Gasteiger partial charge on any atom is 0.272 e. The van der Waals surface area contributed by atoms with E-state index in [0.717, 1.165) is 16.9 Å². The third-order valence-corrected chi connectivity index (χ3v) is 5.81. The highest BCUT2D eigenvalue weighted by atomic mass is 16.5. The highest BCUT2D eigenvalue weighted by Crippen LogP contribution is 2.26. The van der Waals surface area contributed by atoms with Crippen LogP contribution in [0.1, 0.15) is 40.5 Å². The van der Waals surface area contributed by atoms with Crippen molar-refractivity contribution in [1.29, 1.82) is 0 Å². The summed E-state index contributed by atoms with van der Waals surface area (Å²) < 4.78 is 5.26. The third kappa shape index (κ3) is 4.94. The van der Waals surface area contributed by atoms with Crippen molar-refractivity contribution in [2.75, 3.05) is 20.2 Å². The Morgan fingerprint density at radius 1 is 0.969 bits per heavy atom. The van der Waals surface area contributed by atoms with E-state index in [9.17, 15) is 9.59 Å². The van der Waals surface area contributed by atoms with E-state index in [4.69, 9.17) is 4.74 Å². The van der Waals surface area contributed by atoms with Crippen LogP contribution in [-0.2, 0) is 4.79 Å². The fourth-order valence-electron chi connectivity index (χ4n) is 3.97.